The fraction of sp³-hybridized carbons (Fsp3) is 0.133. The van der Waals surface area contributed by atoms with Crippen LogP contribution in [0.15, 0.2) is 42.5 Å². The number of benzene rings is 2. The molecule has 0 aromatic heterocycles. The summed E-state index contributed by atoms with van der Waals surface area (Å²) < 4.78 is 13.9. The Balaban J connectivity index is 2.03. The number of hydrogen-bond acceptors (Lipinski definition) is 1. The smallest absolute Gasteiger partial charge is 0.228 e. The van der Waals surface area contributed by atoms with Crippen molar-refractivity contribution in [1.82, 2.24) is 0 Å². The van der Waals surface area contributed by atoms with Gasteiger partial charge in [0, 0.05) is 9.26 Å². The lowest BCUT2D eigenvalue weighted by Gasteiger charge is -2.08. The van der Waals surface area contributed by atoms with E-state index in [9.17, 15) is 9.18 Å². The molecule has 0 unspecified atom stereocenters. The van der Waals surface area contributed by atoms with Crippen LogP contribution in [0, 0.1) is 16.3 Å². The van der Waals surface area contributed by atoms with Crippen molar-refractivity contribution in [3.63, 3.8) is 0 Å². The second-order valence-electron chi connectivity index (χ2n) is 4.31. The number of aryl methyl sites for hydroxylation is 1. The van der Waals surface area contributed by atoms with E-state index in [-0.39, 0.29) is 18.1 Å². The van der Waals surface area contributed by atoms with Gasteiger partial charge in [0.2, 0.25) is 5.91 Å². The molecule has 1 amide bonds. The summed E-state index contributed by atoms with van der Waals surface area (Å²) in [7, 11) is 0. The monoisotopic (exact) mass is 369 g/mol. The third kappa shape index (κ3) is 4.02. The average molecular weight is 369 g/mol. The molecule has 2 rings (SSSR count). The third-order valence-electron chi connectivity index (χ3n) is 2.74. The standard InChI is InChI=1S/C15H13FINO/c1-10-8-13(17)6-7-14(10)18-15(19)9-11-2-4-12(16)5-3-11/h2-8H,9H2,1H3,(H,18,19). The normalized spacial score (nSPS) is 10.3. The molecule has 0 saturated heterocycles. The Labute approximate surface area is 125 Å². The van der Waals surface area contributed by atoms with Gasteiger partial charge in [-0.3, -0.25) is 4.79 Å². The predicted molar refractivity (Wildman–Crippen MR) is 82.6 cm³/mol. The number of anilines is 1. The summed E-state index contributed by atoms with van der Waals surface area (Å²) in [6.45, 7) is 1.95. The molecule has 0 fully saturated rings. The van der Waals surface area contributed by atoms with Crippen molar-refractivity contribution in [3.8, 4) is 0 Å². The lowest BCUT2D eigenvalue weighted by atomic mass is 10.1. The predicted octanol–water partition coefficient (Wildman–Crippen LogP) is 3.92. The first-order valence-corrected chi connectivity index (χ1v) is 6.93. The van der Waals surface area contributed by atoms with Crippen molar-refractivity contribution in [1.29, 1.82) is 0 Å². The summed E-state index contributed by atoms with van der Waals surface area (Å²) in [6, 6.07) is 11.8. The van der Waals surface area contributed by atoms with Crippen LogP contribution in [0.1, 0.15) is 11.1 Å². The van der Waals surface area contributed by atoms with Gasteiger partial charge in [-0.05, 0) is 71.0 Å². The molecule has 2 nitrogen and oxygen atoms in total. The van der Waals surface area contributed by atoms with E-state index < -0.39 is 0 Å². The summed E-state index contributed by atoms with van der Waals surface area (Å²) in [5.41, 5.74) is 2.63. The molecule has 19 heavy (non-hydrogen) atoms. The first kappa shape index (κ1) is 14.0. The minimum Gasteiger partial charge on any atom is -0.326 e. The minimum atomic E-state index is -0.294. The van der Waals surface area contributed by atoms with Gasteiger partial charge in [0.05, 0.1) is 6.42 Å². The number of carbonyl (C=O) groups is 1. The summed E-state index contributed by atoms with van der Waals surface area (Å²) >= 11 is 2.23. The van der Waals surface area contributed by atoms with Crippen LogP contribution in [0.25, 0.3) is 0 Å². The molecule has 0 atom stereocenters. The third-order valence-corrected chi connectivity index (χ3v) is 3.41. The Morgan fingerprint density at radius 1 is 1.21 bits per heavy atom. The molecule has 0 aliphatic carbocycles. The van der Waals surface area contributed by atoms with E-state index in [4.69, 9.17) is 0 Å². The van der Waals surface area contributed by atoms with Gasteiger partial charge in [0.25, 0.3) is 0 Å². The van der Waals surface area contributed by atoms with Gasteiger partial charge in [-0.2, -0.15) is 0 Å². The van der Waals surface area contributed by atoms with E-state index in [2.05, 4.69) is 27.9 Å². The van der Waals surface area contributed by atoms with Crippen LogP contribution < -0.4 is 5.32 Å². The first-order valence-electron chi connectivity index (χ1n) is 5.85. The van der Waals surface area contributed by atoms with Crippen molar-refractivity contribution in [2.75, 3.05) is 5.32 Å². The van der Waals surface area contributed by atoms with E-state index in [1.807, 2.05) is 25.1 Å². The van der Waals surface area contributed by atoms with Gasteiger partial charge in [0.1, 0.15) is 5.82 Å². The Morgan fingerprint density at radius 2 is 1.89 bits per heavy atom. The minimum absolute atomic E-state index is 0.101. The summed E-state index contributed by atoms with van der Waals surface area (Å²) in [5.74, 6) is -0.395. The summed E-state index contributed by atoms with van der Waals surface area (Å²) in [6.07, 6.45) is 0.242. The summed E-state index contributed by atoms with van der Waals surface area (Å²) in [4.78, 5) is 11.9. The van der Waals surface area contributed by atoms with Gasteiger partial charge in [-0.25, -0.2) is 4.39 Å². The molecule has 0 saturated carbocycles. The molecule has 98 valence electrons. The fourth-order valence-corrected chi connectivity index (χ4v) is 2.40. The van der Waals surface area contributed by atoms with Gasteiger partial charge in [-0.1, -0.05) is 12.1 Å². The van der Waals surface area contributed by atoms with Crippen LogP contribution in [0.3, 0.4) is 0 Å². The molecule has 2 aromatic carbocycles. The Bertz CT molecular complexity index is 596. The molecule has 4 heteroatoms. The van der Waals surface area contributed by atoms with Crippen LogP contribution in [0.2, 0.25) is 0 Å². The zero-order chi connectivity index (χ0) is 13.8. The van der Waals surface area contributed by atoms with Crippen molar-refractivity contribution >= 4 is 34.2 Å². The molecule has 0 aliphatic heterocycles. The fourth-order valence-electron chi connectivity index (χ4n) is 1.75. The maximum absolute atomic E-state index is 12.8. The lowest BCUT2D eigenvalue weighted by Crippen LogP contribution is -2.15. The van der Waals surface area contributed by atoms with Gasteiger partial charge in [0.15, 0.2) is 0 Å². The maximum Gasteiger partial charge on any atom is 0.228 e. The highest BCUT2D eigenvalue weighted by Crippen LogP contribution is 2.18. The number of halogens is 2. The molecular formula is C15H13FINO. The van der Waals surface area contributed by atoms with Crippen LogP contribution in [0.4, 0.5) is 10.1 Å². The largest absolute Gasteiger partial charge is 0.326 e. The average Bonchev–Trinajstić information content (AvgIpc) is 2.36. The maximum atomic E-state index is 12.8. The number of carbonyl (C=O) groups excluding carboxylic acids is 1. The molecule has 1 N–H and O–H groups in total. The van der Waals surface area contributed by atoms with Crippen molar-refractivity contribution in [2.24, 2.45) is 0 Å². The quantitative estimate of drug-likeness (QED) is 0.817. The Hall–Kier alpha value is -1.43. The zero-order valence-electron chi connectivity index (χ0n) is 10.4. The lowest BCUT2D eigenvalue weighted by molar-refractivity contribution is -0.115. The van der Waals surface area contributed by atoms with Crippen molar-refractivity contribution in [3.05, 3.63) is 63.0 Å². The number of nitrogens with one attached hydrogen (secondary N) is 1. The summed E-state index contributed by atoms with van der Waals surface area (Å²) in [5, 5.41) is 2.86. The van der Waals surface area contributed by atoms with Gasteiger partial charge < -0.3 is 5.32 Å². The Morgan fingerprint density at radius 3 is 2.53 bits per heavy atom. The molecule has 0 radical (unpaired) electrons. The SMILES string of the molecule is Cc1cc(I)ccc1NC(=O)Cc1ccc(F)cc1. The van der Waals surface area contributed by atoms with E-state index in [1.165, 1.54) is 12.1 Å². The van der Waals surface area contributed by atoms with Crippen molar-refractivity contribution < 1.29 is 9.18 Å². The number of amides is 1. The van der Waals surface area contributed by atoms with E-state index in [0.29, 0.717) is 0 Å². The van der Waals surface area contributed by atoms with Crippen molar-refractivity contribution in [2.45, 2.75) is 13.3 Å². The van der Waals surface area contributed by atoms with Crippen LogP contribution in [-0.4, -0.2) is 5.91 Å². The second-order valence-corrected chi connectivity index (χ2v) is 5.56. The van der Waals surface area contributed by atoms with Crippen LogP contribution in [-0.2, 0) is 11.2 Å². The highest BCUT2D eigenvalue weighted by molar-refractivity contribution is 14.1. The zero-order valence-corrected chi connectivity index (χ0v) is 12.6. The Kier molecular flexibility index (Phi) is 4.52. The molecule has 0 spiro atoms. The number of rotatable bonds is 3. The number of hydrogen-bond donors (Lipinski definition) is 1. The topological polar surface area (TPSA) is 29.1 Å². The van der Waals surface area contributed by atoms with E-state index in [1.54, 1.807) is 12.1 Å². The molecule has 0 aliphatic rings. The highest BCUT2D eigenvalue weighted by atomic mass is 127. The van der Waals surface area contributed by atoms with Gasteiger partial charge in [-0.15, -0.1) is 0 Å². The molecule has 0 bridgehead atoms. The molecule has 0 heterocycles. The van der Waals surface area contributed by atoms with Crippen LogP contribution in [0.5, 0.6) is 0 Å². The van der Waals surface area contributed by atoms with E-state index in [0.717, 1.165) is 20.4 Å². The van der Waals surface area contributed by atoms with Crippen LogP contribution >= 0.6 is 22.6 Å². The highest BCUT2D eigenvalue weighted by Gasteiger charge is 2.06. The second kappa shape index (κ2) is 6.14. The first-order chi connectivity index (χ1) is 9.04. The van der Waals surface area contributed by atoms with E-state index >= 15 is 0 Å². The van der Waals surface area contributed by atoms with Gasteiger partial charge >= 0.3 is 0 Å². The molecule has 2 aromatic rings. The molecular weight excluding hydrogens is 356 g/mol.